The molecule has 0 saturated carbocycles. The highest BCUT2D eigenvalue weighted by Gasteiger charge is 2.21. The standard InChI is InChI=1S/C10H11NO/c1-10(2)6-5-8-9(12-10)4-3-7-11-8/h3-7H,1-2H3. The van der Waals surface area contributed by atoms with Crippen LogP contribution in [0.25, 0.3) is 6.08 Å². The number of aromatic nitrogens is 1. The number of hydrogen-bond acceptors (Lipinski definition) is 2. The van der Waals surface area contributed by atoms with Gasteiger partial charge < -0.3 is 4.74 Å². The van der Waals surface area contributed by atoms with Gasteiger partial charge in [-0.1, -0.05) is 0 Å². The maximum atomic E-state index is 5.67. The second-order valence-electron chi connectivity index (χ2n) is 3.43. The molecular formula is C10H11NO. The Labute approximate surface area is 71.9 Å². The minimum Gasteiger partial charge on any atom is -0.482 e. The summed E-state index contributed by atoms with van der Waals surface area (Å²) in [7, 11) is 0. The van der Waals surface area contributed by atoms with Crippen molar-refractivity contribution in [1.82, 2.24) is 4.98 Å². The Bertz CT molecular complexity index is 328. The van der Waals surface area contributed by atoms with Crippen molar-refractivity contribution >= 4 is 6.08 Å². The van der Waals surface area contributed by atoms with E-state index in [2.05, 4.69) is 4.98 Å². The molecule has 0 bridgehead atoms. The first kappa shape index (κ1) is 7.35. The van der Waals surface area contributed by atoms with Crippen LogP contribution in [0.2, 0.25) is 0 Å². The molecule has 2 rings (SSSR count). The van der Waals surface area contributed by atoms with Gasteiger partial charge in [0.1, 0.15) is 17.0 Å². The fourth-order valence-electron chi connectivity index (χ4n) is 1.21. The van der Waals surface area contributed by atoms with Crippen molar-refractivity contribution < 1.29 is 4.74 Å². The molecule has 0 atom stereocenters. The molecule has 0 unspecified atom stereocenters. The molecule has 2 nitrogen and oxygen atoms in total. The molecule has 0 fully saturated rings. The molecule has 1 aliphatic heterocycles. The molecule has 0 radical (unpaired) electrons. The van der Waals surface area contributed by atoms with Crippen molar-refractivity contribution in [3.63, 3.8) is 0 Å². The van der Waals surface area contributed by atoms with Gasteiger partial charge in [-0.05, 0) is 38.1 Å². The van der Waals surface area contributed by atoms with Crippen molar-refractivity contribution in [3.05, 3.63) is 30.1 Å². The number of rotatable bonds is 0. The molecule has 2 heterocycles. The Kier molecular flexibility index (Phi) is 1.43. The van der Waals surface area contributed by atoms with E-state index >= 15 is 0 Å². The molecule has 1 aliphatic rings. The van der Waals surface area contributed by atoms with Crippen LogP contribution >= 0.6 is 0 Å². The third kappa shape index (κ3) is 1.20. The van der Waals surface area contributed by atoms with Gasteiger partial charge in [-0.15, -0.1) is 0 Å². The summed E-state index contributed by atoms with van der Waals surface area (Å²) in [5, 5.41) is 0. The number of fused-ring (bicyclic) bond motifs is 1. The van der Waals surface area contributed by atoms with Crippen LogP contribution in [0.15, 0.2) is 24.4 Å². The quantitative estimate of drug-likeness (QED) is 0.582. The van der Waals surface area contributed by atoms with Crippen molar-refractivity contribution in [2.75, 3.05) is 0 Å². The van der Waals surface area contributed by atoms with Gasteiger partial charge >= 0.3 is 0 Å². The molecular weight excluding hydrogens is 150 g/mol. The largest absolute Gasteiger partial charge is 0.482 e. The zero-order valence-corrected chi connectivity index (χ0v) is 7.24. The van der Waals surface area contributed by atoms with Gasteiger partial charge in [0.15, 0.2) is 0 Å². The summed E-state index contributed by atoms with van der Waals surface area (Å²) in [4.78, 5) is 4.17. The lowest BCUT2D eigenvalue weighted by Crippen LogP contribution is -2.27. The van der Waals surface area contributed by atoms with Crippen molar-refractivity contribution in [2.45, 2.75) is 19.4 Å². The molecule has 0 saturated heterocycles. The molecule has 0 N–H and O–H groups in total. The average molecular weight is 161 g/mol. The Hall–Kier alpha value is -1.31. The van der Waals surface area contributed by atoms with E-state index in [1.807, 2.05) is 38.1 Å². The minimum atomic E-state index is -0.198. The van der Waals surface area contributed by atoms with Gasteiger partial charge in [-0.25, -0.2) is 0 Å². The molecule has 2 heteroatoms. The lowest BCUT2D eigenvalue weighted by molar-refractivity contribution is 0.158. The highest BCUT2D eigenvalue weighted by atomic mass is 16.5. The smallest absolute Gasteiger partial charge is 0.146 e. The maximum Gasteiger partial charge on any atom is 0.146 e. The van der Waals surface area contributed by atoms with Crippen LogP contribution in [0.4, 0.5) is 0 Å². The monoisotopic (exact) mass is 161 g/mol. The van der Waals surface area contributed by atoms with E-state index < -0.39 is 0 Å². The summed E-state index contributed by atoms with van der Waals surface area (Å²) in [5.74, 6) is 0.866. The SMILES string of the molecule is CC1(C)C=Cc2ncccc2O1. The summed E-state index contributed by atoms with van der Waals surface area (Å²) in [6.07, 6.45) is 5.78. The number of pyridine rings is 1. The summed E-state index contributed by atoms with van der Waals surface area (Å²) < 4.78 is 5.67. The van der Waals surface area contributed by atoms with Crippen molar-refractivity contribution in [3.8, 4) is 5.75 Å². The van der Waals surface area contributed by atoms with Gasteiger partial charge in [0.05, 0.1) is 0 Å². The van der Waals surface area contributed by atoms with E-state index in [1.165, 1.54) is 0 Å². The topological polar surface area (TPSA) is 22.1 Å². The molecule has 1 aromatic heterocycles. The van der Waals surface area contributed by atoms with Gasteiger partial charge in [0, 0.05) is 6.20 Å². The first-order chi connectivity index (χ1) is 5.67. The van der Waals surface area contributed by atoms with E-state index in [-0.39, 0.29) is 5.60 Å². The Morgan fingerprint density at radius 3 is 3.08 bits per heavy atom. The second-order valence-corrected chi connectivity index (χ2v) is 3.43. The minimum absolute atomic E-state index is 0.198. The Morgan fingerprint density at radius 2 is 2.25 bits per heavy atom. The van der Waals surface area contributed by atoms with E-state index in [0.29, 0.717) is 0 Å². The molecule has 0 amide bonds. The van der Waals surface area contributed by atoms with E-state index in [1.54, 1.807) is 6.20 Å². The molecule has 12 heavy (non-hydrogen) atoms. The third-order valence-electron chi connectivity index (χ3n) is 1.82. The van der Waals surface area contributed by atoms with Crippen LogP contribution in [0, 0.1) is 0 Å². The lowest BCUT2D eigenvalue weighted by atomic mass is 10.1. The summed E-state index contributed by atoms with van der Waals surface area (Å²) in [6.45, 7) is 4.05. The van der Waals surface area contributed by atoms with Crippen LogP contribution in [-0.4, -0.2) is 10.6 Å². The first-order valence-corrected chi connectivity index (χ1v) is 4.01. The highest BCUT2D eigenvalue weighted by molar-refractivity contribution is 5.56. The Morgan fingerprint density at radius 1 is 1.42 bits per heavy atom. The number of nitrogens with zero attached hydrogens (tertiary/aromatic N) is 1. The van der Waals surface area contributed by atoms with Gasteiger partial charge in [0.25, 0.3) is 0 Å². The van der Waals surface area contributed by atoms with Gasteiger partial charge in [-0.2, -0.15) is 0 Å². The zero-order chi connectivity index (χ0) is 8.60. The van der Waals surface area contributed by atoms with Crippen LogP contribution in [0.1, 0.15) is 19.5 Å². The van der Waals surface area contributed by atoms with Crippen LogP contribution < -0.4 is 4.74 Å². The summed E-state index contributed by atoms with van der Waals surface area (Å²) in [6, 6.07) is 3.82. The molecule has 62 valence electrons. The highest BCUT2D eigenvalue weighted by Crippen LogP contribution is 2.28. The number of ether oxygens (including phenoxy) is 1. The summed E-state index contributed by atoms with van der Waals surface area (Å²) >= 11 is 0. The second kappa shape index (κ2) is 2.34. The van der Waals surface area contributed by atoms with Crippen LogP contribution in [0.3, 0.4) is 0 Å². The predicted molar refractivity (Wildman–Crippen MR) is 48.0 cm³/mol. The fraction of sp³-hybridized carbons (Fsp3) is 0.300. The van der Waals surface area contributed by atoms with Gasteiger partial charge in [0.2, 0.25) is 0 Å². The van der Waals surface area contributed by atoms with E-state index in [4.69, 9.17) is 4.74 Å². The van der Waals surface area contributed by atoms with Crippen molar-refractivity contribution in [2.24, 2.45) is 0 Å². The van der Waals surface area contributed by atoms with Crippen LogP contribution in [0.5, 0.6) is 5.75 Å². The average Bonchev–Trinajstić information content (AvgIpc) is 2.02. The number of hydrogen-bond donors (Lipinski definition) is 0. The van der Waals surface area contributed by atoms with Gasteiger partial charge in [-0.3, -0.25) is 4.98 Å². The Balaban J connectivity index is 2.46. The lowest BCUT2D eigenvalue weighted by Gasteiger charge is -2.26. The molecule has 1 aromatic rings. The zero-order valence-electron chi connectivity index (χ0n) is 7.24. The predicted octanol–water partition coefficient (Wildman–Crippen LogP) is 2.27. The van der Waals surface area contributed by atoms with E-state index in [9.17, 15) is 0 Å². The molecule has 0 aromatic carbocycles. The van der Waals surface area contributed by atoms with E-state index in [0.717, 1.165) is 11.4 Å². The van der Waals surface area contributed by atoms with Crippen LogP contribution in [-0.2, 0) is 0 Å². The molecule has 0 aliphatic carbocycles. The third-order valence-corrected chi connectivity index (χ3v) is 1.82. The normalized spacial score (nSPS) is 18.2. The summed E-state index contributed by atoms with van der Waals surface area (Å²) in [5.41, 5.74) is 0.715. The first-order valence-electron chi connectivity index (χ1n) is 4.01. The maximum absolute atomic E-state index is 5.67. The molecule has 0 spiro atoms. The fourth-order valence-corrected chi connectivity index (χ4v) is 1.21. The van der Waals surface area contributed by atoms with Crippen molar-refractivity contribution in [1.29, 1.82) is 0 Å².